The van der Waals surface area contributed by atoms with Crippen molar-refractivity contribution in [3.63, 3.8) is 0 Å². The van der Waals surface area contributed by atoms with Crippen LogP contribution in [0.15, 0.2) is 47.1 Å². The number of benzene rings is 1. The quantitative estimate of drug-likeness (QED) is 0.581. The van der Waals surface area contributed by atoms with Crippen molar-refractivity contribution >= 4 is 36.5 Å². The molecule has 0 radical (unpaired) electrons. The Morgan fingerprint density at radius 1 is 1.12 bits per heavy atom. The zero-order valence-electron chi connectivity index (χ0n) is 8.84. The number of guanidine groups is 1. The monoisotopic (exact) mass is 273 g/mol. The molecule has 4 N–H and O–H groups in total. The predicted molar refractivity (Wildman–Crippen MR) is 74.2 cm³/mol. The molecule has 6 heteroatoms. The smallest absolute Gasteiger partial charge is 0.190 e. The Labute approximate surface area is 112 Å². The summed E-state index contributed by atoms with van der Waals surface area (Å²) in [5.74, 6) is 0.755. The summed E-state index contributed by atoms with van der Waals surface area (Å²) in [6.07, 6.45) is 1.64. The second-order valence-corrected chi connectivity index (χ2v) is 3.09. The lowest BCUT2D eigenvalue weighted by Gasteiger charge is -2.03. The zero-order chi connectivity index (χ0) is 10.7. The van der Waals surface area contributed by atoms with Crippen molar-refractivity contribution in [3.05, 3.63) is 42.7 Å². The van der Waals surface area contributed by atoms with Crippen LogP contribution in [0.5, 0.6) is 0 Å². The Kier molecular flexibility index (Phi) is 6.17. The van der Waals surface area contributed by atoms with Crippen LogP contribution in [-0.4, -0.2) is 5.96 Å². The number of nitrogens with two attached hydrogens (primary N) is 1. The van der Waals surface area contributed by atoms with Gasteiger partial charge in [-0.25, -0.2) is 0 Å². The molecule has 0 saturated heterocycles. The van der Waals surface area contributed by atoms with Crippen LogP contribution in [0.4, 0.5) is 5.69 Å². The fraction of sp³-hybridized carbons (Fsp3) is 0. The van der Waals surface area contributed by atoms with Crippen molar-refractivity contribution < 1.29 is 4.42 Å². The van der Waals surface area contributed by atoms with E-state index in [0.29, 0.717) is 0 Å². The molecule has 17 heavy (non-hydrogen) atoms. The Bertz CT molecular complexity index is 454. The molecule has 0 fully saturated rings. The van der Waals surface area contributed by atoms with E-state index in [2.05, 4.69) is 5.32 Å². The Morgan fingerprint density at radius 3 is 2.24 bits per heavy atom. The highest BCUT2D eigenvalue weighted by atomic mass is 35.5. The van der Waals surface area contributed by atoms with E-state index in [4.69, 9.17) is 15.6 Å². The maximum absolute atomic E-state index is 7.07. The number of furan rings is 1. The Hall–Kier alpha value is -1.65. The van der Waals surface area contributed by atoms with E-state index < -0.39 is 0 Å². The van der Waals surface area contributed by atoms with Gasteiger partial charge in [0.05, 0.1) is 6.26 Å². The molecule has 0 aliphatic rings. The van der Waals surface area contributed by atoms with Gasteiger partial charge in [0.15, 0.2) is 5.96 Å². The highest BCUT2D eigenvalue weighted by molar-refractivity contribution is 5.89. The first kappa shape index (κ1) is 15.3. The molecule has 4 nitrogen and oxygen atoms in total. The first-order chi connectivity index (χ1) is 7.25. The van der Waals surface area contributed by atoms with E-state index >= 15 is 0 Å². The van der Waals surface area contributed by atoms with Crippen LogP contribution < -0.4 is 11.1 Å². The van der Waals surface area contributed by atoms with Gasteiger partial charge < -0.3 is 15.5 Å². The molecule has 0 bridgehead atoms. The predicted octanol–water partition coefficient (Wildman–Crippen LogP) is 3.10. The van der Waals surface area contributed by atoms with E-state index in [1.165, 1.54) is 0 Å². The fourth-order valence-electron chi connectivity index (χ4n) is 1.32. The van der Waals surface area contributed by atoms with Crippen LogP contribution in [0, 0.1) is 5.41 Å². The van der Waals surface area contributed by atoms with E-state index in [1.807, 2.05) is 36.4 Å². The standard InChI is InChI=1S/C11H11N3O.2ClH/c12-11(13)14-9-5-3-8(4-6-9)10-2-1-7-15-10;;/h1-7H,(H4,12,13,14);2*1H. The SMILES string of the molecule is Cl.Cl.N=C(N)Nc1ccc(-c2ccco2)cc1. The van der Waals surface area contributed by atoms with E-state index in [1.54, 1.807) is 6.26 Å². The van der Waals surface area contributed by atoms with Gasteiger partial charge in [0, 0.05) is 11.3 Å². The maximum atomic E-state index is 7.07. The summed E-state index contributed by atoms with van der Waals surface area (Å²) in [6.45, 7) is 0. The fourth-order valence-corrected chi connectivity index (χ4v) is 1.32. The van der Waals surface area contributed by atoms with E-state index in [-0.39, 0.29) is 30.8 Å². The largest absolute Gasteiger partial charge is 0.464 e. The lowest BCUT2D eigenvalue weighted by Crippen LogP contribution is -2.20. The van der Waals surface area contributed by atoms with Crippen molar-refractivity contribution in [3.8, 4) is 11.3 Å². The molecule has 1 aromatic heterocycles. The number of anilines is 1. The summed E-state index contributed by atoms with van der Waals surface area (Å²) in [5.41, 5.74) is 6.99. The molecule has 1 heterocycles. The highest BCUT2D eigenvalue weighted by Crippen LogP contribution is 2.21. The van der Waals surface area contributed by atoms with Gasteiger partial charge in [-0.1, -0.05) is 0 Å². The van der Waals surface area contributed by atoms with Gasteiger partial charge in [0.2, 0.25) is 0 Å². The molecular weight excluding hydrogens is 261 g/mol. The van der Waals surface area contributed by atoms with Gasteiger partial charge in [-0.15, -0.1) is 24.8 Å². The van der Waals surface area contributed by atoms with Crippen LogP contribution in [-0.2, 0) is 0 Å². The molecule has 0 spiro atoms. The number of rotatable bonds is 2. The van der Waals surface area contributed by atoms with Gasteiger partial charge >= 0.3 is 0 Å². The number of halogens is 2. The van der Waals surface area contributed by atoms with Crippen molar-refractivity contribution in [1.82, 2.24) is 0 Å². The van der Waals surface area contributed by atoms with Gasteiger partial charge in [-0.2, -0.15) is 0 Å². The number of hydrogen-bond acceptors (Lipinski definition) is 2. The molecule has 0 aliphatic heterocycles. The summed E-state index contributed by atoms with van der Waals surface area (Å²) >= 11 is 0. The maximum Gasteiger partial charge on any atom is 0.190 e. The van der Waals surface area contributed by atoms with Crippen LogP contribution in [0.25, 0.3) is 11.3 Å². The van der Waals surface area contributed by atoms with Crippen LogP contribution in [0.1, 0.15) is 0 Å². The van der Waals surface area contributed by atoms with E-state index in [9.17, 15) is 0 Å². The Balaban J connectivity index is 0.00000128. The van der Waals surface area contributed by atoms with Crippen molar-refractivity contribution in [2.45, 2.75) is 0 Å². The van der Waals surface area contributed by atoms with Gasteiger partial charge in [0.25, 0.3) is 0 Å². The summed E-state index contributed by atoms with van der Waals surface area (Å²) in [5, 5.41) is 9.78. The summed E-state index contributed by atoms with van der Waals surface area (Å²) < 4.78 is 5.25. The highest BCUT2D eigenvalue weighted by Gasteiger charge is 2.00. The van der Waals surface area contributed by atoms with Crippen LogP contribution in [0.2, 0.25) is 0 Å². The first-order valence-electron chi connectivity index (χ1n) is 4.51. The first-order valence-corrected chi connectivity index (χ1v) is 4.51. The molecule has 0 atom stereocenters. The molecule has 0 aliphatic carbocycles. The minimum atomic E-state index is -0.0688. The van der Waals surface area contributed by atoms with Gasteiger partial charge in [-0.05, 0) is 36.4 Å². The summed E-state index contributed by atoms with van der Waals surface area (Å²) in [7, 11) is 0. The van der Waals surface area contributed by atoms with Crippen LogP contribution >= 0.6 is 24.8 Å². The molecule has 1 aromatic carbocycles. The van der Waals surface area contributed by atoms with Crippen molar-refractivity contribution in [2.75, 3.05) is 5.32 Å². The molecule has 0 amide bonds. The topological polar surface area (TPSA) is 75.0 Å². The number of nitrogens with one attached hydrogen (secondary N) is 2. The third-order valence-electron chi connectivity index (χ3n) is 1.97. The average Bonchev–Trinajstić information content (AvgIpc) is 2.71. The normalized spacial score (nSPS) is 8.71. The minimum Gasteiger partial charge on any atom is -0.464 e. The van der Waals surface area contributed by atoms with Gasteiger partial charge in [-0.3, -0.25) is 5.41 Å². The summed E-state index contributed by atoms with van der Waals surface area (Å²) in [6, 6.07) is 11.2. The van der Waals surface area contributed by atoms with Crippen LogP contribution in [0.3, 0.4) is 0 Å². The summed E-state index contributed by atoms with van der Waals surface area (Å²) in [4.78, 5) is 0. The molecule has 2 aromatic rings. The molecule has 0 saturated carbocycles. The average molecular weight is 274 g/mol. The van der Waals surface area contributed by atoms with Gasteiger partial charge in [0.1, 0.15) is 5.76 Å². The number of hydrogen-bond donors (Lipinski definition) is 3. The Morgan fingerprint density at radius 2 is 1.76 bits per heavy atom. The second-order valence-electron chi connectivity index (χ2n) is 3.09. The molecule has 2 rings (SSSR count). The van der Waals surface area contributed by atoms with Crippen molar-refractivity contribution in [1.29, 1.82) is 5.41 Å². The minimum absolute atomic E-state index is 0. The van der Waals surface area contributed by atoms with Crippen molar-refractivity contribution in [2.24, 2.45) is 5.73 Å². The molecule has 92 valence electrons. The van der Waals surface area contributed by atoms with E-state index in [0.717, 1.165) is 17.0 Å². The molecular formula is C11H13Cl2N3O. The zero-order valence-corrected chi connectivity index (χ0v) is 10.5. The third-order valence-corrected chi connectivity index (χ3v) is 1.97. The molecule has 0 unspecified atom stereocenters. The lowest BCUT2D eigenvalue weighted by atomic mass is 10.1. The third kappa shape index (κ3) is 4.01. The second kappa shape index (κ2) is 6.83. The lowest BCUT2D eigenvalue weighted by molar-refractivity contribution is 0.582.